The lowest BCUT2D eigenvalue weighted by atomic mass is 10.1. The van der Waals surface area contributed by atoms with Gasteiger partial charge in [-0.3, -0.25) is 4.79 Å². The van der Waals surface area contributed by atoms with E-state index in [-0.39, 0.29) is 5.91 Å². The number of carboxylic acid groups (broad SMARTS) is 1. The van der Waals surface area contributed by atoms with E-state index in [1.165, 1.54) is 0 Å². The molecule has 0 heterocycles. The summed E-state index contributed by atoms with van der Waals surface area (Å²) >= 11 is 0. The van der Waals surface area contributed by atoms with Crippen molar-refractivity contribution in [1.29, 1.82) is 0 Å². The molecule has 0 saturated heterocycles. The van der Waals surface area contributed by atoms with E-state index in [4.69, 9.17) is 9.84 Å². The predicted molar refractivity (Wildman–Crippen MR) is 58.0 cm³/mol. The van der Waals surface area contributed by atoms with Crippen molar-refractivity contribution in [3.8, 4) is 0 Å². The Kier molecular flexibility index (Phi) is 5.25. The molecule has 1 aliphatic carbocycles. The summed E-state index contributed by atoms with van der Waals surface area (Å²) in [5.41, 5.74) is 0. The van der Waals surface area contributed by atoms with Crippen LogP contribution in [0.2, 0.25) is 0 Å². The van der Waals surface area contributed by atoms with Crippen molar-refractivity contribution in [2.45, 2.75) is 38.1 Å². The zero-order chi connectivity index (χ0) is 12.0. The van der Waals surface area contributed by atoms with E-state index in [2.05, 4.69) is 5.32 Å². The lowest BCUT2D eigenvalue weighted by Gasteiger charge is -2.14. The largest absolute Gasteiger partial charge is 0.480 e. The van der Waals surface area contributed by atoms with E-state index < -0.39 is 12.0 Å². The van der Waals surface area contributed by atoms with Gasteiger partial charge < -0.3 is 15.2 Å². The quantitative estimate of drug-likeness (QED) is 0.603. The highest BCUT2D eigenvalue weighted by atomic mass is 16.5. The molecule has 0 bridgehead atoms. The second-order valence-electron chi connectivity index (χ2n) is 4.24. The molecule has 0 aliphatic heterocycles. The molecule has 5 heteroatoms. The van der Waals surface area contributed by atoms with Gasteiger partial charge in [-0.05, 0) is 31.6 Å². The normalized spacial score (nSPS) is 16.8. The molecule has 0 spiro atoms. The van der Waals surface area contributed by atoms with Crippen molar-refractivity contribution in [2.75, 3.05) is 13.7 Å². The molecule has 1 saturated carbocycles. The third kappa shape index (κ3) is 5.11. The molecule has 1 unspecified atom stereocenters. The summed E-state index contributed by atoms with van der Waals surface area (Å²) in [5.74, 6) is -0.638. The molecule has 0 aromatic rings. The third-order valence-electron chi connectivity index (χ3n) is 2.65. The molecule has 2 N–H and O–H groups in total. The first-order chi connectivity index (χ1) is 7.63. The Hall–Kier alpha value is -1.10. The summed E-state index contributed by atoms with van der Waals surface area (Å²) in [6.45, 7) is 0.516. The number of carbonyl (C=O) groups excluding carboxylic acids is 1. The highest BCUT2D eigenvalue weighted by Crippen LogP contribution is 2.32. The number of hydrogen-bond donors (Lipinski definition) is 2. The van der Waals surface area contributed by atoms with E-state index in [0.29, 0.717) is 31.8 Å². The van der Waals surface area contributed by atoms with Crippen LogP contribution in [-0.2, 0) is 14.3 Å². The van der Waals surface area contributed by atoms with Crippen LogP contribution in [0.3, 0.4) is 0 Å². The van der Waals surface area contributed by atoms with Gasteiger partial charge in [0.15, 0.2) is 0 Å². The molecule has 16 heavy (non-hydrogen) atoms. The summed E-state index contributed by atoms with van der Waals surface area (Å²) in [5, 5.41) is 11.5. The number of ether oxygens (including phenoxy) is 1. The zero-order valence-corrected chi connectivity index (χ0v) is 9.57. The van der Waals surface area contributed by atoms with Crippen LogP contribution in [-0.4, -0.2) is 36.7 Å². The van der Waals surface area contributed by atoms with E-state index in [0.717, 1.165) is 12.8 Å². The first-order valence-electron chi connectivity index (χ1n) is 5.64. The molecule has 0 aromatic heterocycles. The Morgan fingerprint density at radius 1 is 1.50 bits per heavy atom. The lowest BCUT2D eigenvalue weighted by molar-refractivity contribution is -0.142. The van der Waals surface area contributed by atoms with Crippen LogP contribution in [0.25, 0.3) is 0 Å². The van der Waals surface area contributed by atoms with Gasteiger partial charge in [-0.15, -0.1) is 0 Å². The number of methoxy groups -OCH3 is 1. The van der Waals surface area contributed by atoms with Crippen LogP contribution in [0.15, 0.2) is 0 Å². The second-order valence-corrected chi connectivity index (χ2v) is 4.24. The van der Waals surface area contributed by atoms with Crippen molar-refractivity contribution < 1.29 is 19.4 Å². The molecule has 92 valence electrons. The fourth-order valence-electron chi connectivity index (χ4n) is 1.53. The lowest BCUT2D eigenvalue weighted by Crippen LogP contribution is -2.41. The van der Waals surface area contributed by atoms with Gasteiger partial charge in [0.2, 0.25) is 5.91 Å². The summed E-state index contributed by atoms with van der Waals surface area (Å²) in [4.78, 5) is 22.3. The maximum absolute atomic E-state index is 11.4. The van der Waals surface area contributed by atoms with Crippen LogP contribution in [0.4, 0.5) is 0 Å². The summed E-state index contributed by atoms with van der Waals surface area (Å²) in [6.07, 6.45) is 3.70. The Morgan fingerprint density at radius 2 is 2.19 bits per heavy atom. The van der Waals surface area contributed by atoms with Crippen LogP contribution in [0.5, 0.6) is 0 Å². The van der Waals surface area contributed by atoms with Crippen molar-refractivity contribution in [3.63, 3.8) is 0 Å². The van der Waals surface area contributed by atoms with Crippen LogP contribution < -0.4 is 5.32 Å². The molecular formula is C11H19NO4. The van der Waals surface area contributed by atoms with Gasteiger partial charge in [0.1, 0.15) is 6.04 Å². The monoisotopic (exact) mass is 229 g/mol. The molecule has 0 radical (unpaired) electrons. The SMILES string of the molecule is COCCCC(NC(=O)CC1CC1)C(=O)O. The van der Waals surface area contributed by atoms with Crippen molar-refractivity contribution >= 4 is 11.9 Å². The number of amides is 1. The Balaban J connectivity index is 2.25. The second kappa shape index (κ2) is 6.48. The van der Waals surface area contributed by atoms with E-state index >= 15 is 0 Å². The van der Waals surface area contributed by atoms with Gasteiger partial charge in [0.05, 0.1) is 0 Å². The topological polar surface area (TPSA) is 75.6 Å². The number of rotatable bonds is 8. The molecule has 1 aliphatic rings. The highest BCUT2D eigenvalue weighted by molar-refractivity contribution is 5.83. The first kappa shape index (κ1) is 13.0. The third-order valence-corrected chi connectivity index (χ3v) is 2.65. The highest BCUT2D eigenvalue weighted by Gasteiger charge is 2.26. The van der Waals surface area contributed by atoms with Gasteiger partial charge in [0, 0.05) is 20.1 Å². The van der Waals surface area contributed by atoms with Crippen LogP contribution >= 0.6 is 0 Å². The average Bonchev–Trinajstić information content (AvgIpc) is 3.00. The molecule has 0 aromatic carbocycles. The van der Waals surface area contributed by atoms with Gasteiger partial charge >= 0.3 is 5.97 Å². The number of aliphatic carboxylic acids is 1. The molecule has 1 fully saturated rings. The van der Waals surface area contributed by atoms with Gasteiger partial charge in [-0.1, -0.05) is 0 Å². The number of hydrogen-bond acceptors (Lipinski definition) is 3. The molecule has 1 amide bonds. The molecule has 5 nitrogen and oxygen atoms in total. The minimum Gasteiger partial charge on any atom is -0.480 e. The first-order valence-corrected chi connectivity index (χ1v) is 5.64. The maximum Gasteiger partial charge on any atom is 0.326 e. The average molecular weight is 229 g/mol. The van der Waals surface area contributed by atoms with E-state index in [1.807, 2.05) is 0 Å². The fraction of sp³-hybridized carbons (Fsp3) is 0.818. The minimum absolute atomic E-state index is 0.146. The van der Waals surface area contributed by atoms with Crippen molar-refractivity contribution in [3.05, 3.63) is 0 Å². The van der Waals surface area contributed by atoms with E-state index in [9.17, 15) is 9.59 Å². The fourth-order valence-corrected chi connectivity index (χ4v) is 1.53. The van der Waals surface area contributed by atoms with Gasteiger partial charge in [-0.2, -0.15) is 0 Å². The smallest absolute Gasteiger partial charge is 0.326 e. The van der Waals surface area contributed by atoms with Crippen molar-refractivity contribution in [2.24, 2.45) is 5.92 Å². The number of carboxylic acids is 1. The van der Waals surface area contributed by atoms with Gasteiger partial charge in [0.25, 0.3) is 0 Å². The van der Waals surface area contributed by atoms with E-state index in [1.54, 1.807) is 7.11 Å². The zero-order valence-electron chi connectivity index (χ0n) is 9.57. The Morgan fingerprint density at radius 3 is 2.69 bits per heavy atom. The summed E-state index contributed by atoms with van der Waals surface area (Å²) in [6, 6.07) is -0.776. The van der Waals surface area contributed by atoms with Crippen molar-refractivity contribution in [1.82, 2.24) is 5.32 Å². The maximum atomic E-state index is 11.4. The number of carbonyl (C=O) groups is 2. The summed E-state index contributed by atoms with van der Waals surface area (Å²) < 4.78 is 4.85. The van der Waals surface area contributed by atoms with Gasteiger partial charge in [-0.25, -0.2) is 4.79 Å². The molecular weight excluding hydrogens is 210 g/mol. The van der Waals surface area contributed by atoms with Crippen LogP contribution in [0, 0.1) is 5.92 Å². The summed E-state index contributed by atoms with van der Waals surface area (Å²) in [7, 11) is 1.57. The molecule has 1 rings (SSSR count). The predicted octanol–water partition coefficient (Wildman–Crippen LogP) is 0.782. The van der Waals surface area contributed by atoms with Crippen LogP contribution in [0.1, 0.15) is 32.1 Å². The standard InChI is InChI=1S/C11H19NO4/c1-16-6-2-3-9(11(14)15)12-10(13)7-8-4-5-8/h8-9H,2-7H2,1H3,(H,12,13)(H,14,15). The minimum atomic E-state index is -0.972. The Labute approximate surface area is 95.2 Å². The molecule has 1 atom stereocenters. The number of nitrogens with one attached hydrogen (secondary N) is 1. The Bertz CT molecular complexity index is 250.